The minimum atomic E-state index is -1.07. The van der Waals surface area contributed by atoms with Crippen molar-refractivity contribution in [1.82, 2.24) is 10.2 Å². The summed E-state index contributed by atoms with van der Waals surface area (Å²) >= 11 is 0. The number of carbonyl (C=O) groups excluding carboxylic acids is 4. The van der Waals surface area contributed by atoms with E-state index in [1.807, 2.05) is 31.2 Å². The number of aryl methyl sites for hydroxylation is 1. The van der Waals surface area contributed by atoms with Crippen LogP contribution in [0.4, 0.5) is 10.5 Å². The van der Waals surface area contributed by atoms with E-state index in [1.165, 1.54) is 6.92 Å². The normalized spacial score (nSPS) is 20.9. The van der Waals surface area contributed by atoms with Gasteiger partial charge in [-0.2, -0.15) is 0 Å². The monoisotopic (exact) mass is 359 g/mol. The van der Waals surface area contributed by atoms with Gasteiger partial charge in [-0.25, -0.2) is 4.79 Å². The maximum absolute atomic E-state index is 12.4. The van der Waals surface area contributed by atoms with E-state index in [1.54, 1.807) is 4.90 Å². The fraction of sp³-hybridized carbons (Fsp3) is 0.444. The molecule has 0 bridgehead atoms. The summed E-state index contributed by atoms with van der Waals surface area (Å²) < 4.78 is 5.22. The van der Waals surface area contributed by atoms with Gasteiger partial charge in [0.05, 0.1) is 5.92 Å². The number of esters is 1. The molecule has 2 heterocycles. The first-order chi connectivity index (χ1) is 12.4. The van der Waals surface area contributed by atoms with Crippen molar-refractivity contribution in [2.24, 2.45) is 5.92 Å². The van der Waals surface area contributed by atoms with Crippen LogP contribution in [0.5, 0.6) is 0 Å². The standard InChI is InChI=1S/C18H21N3O5/c1-11-3-5-14(6-4-11)21-10-13(9-15(21)22)17(24)26-12(2)16(23)20-8-7-19-18(20)25/h3-6,12-13H,7-10H2,1-2H3,(H,19,25)/t12-,13-/m0/s1. The number of amides is 4. The van der Waals surface area contributed by atoms with E-state index in [-0.39, 0.29) is 25.4 Å². The van der Waals surface area contributed by atoms with E-state index in [0.29, 0.717) is 6.54 Å². The Morgan fingerprint density at radius 3 is 2.54 bits per heavy atom. The van der Waals surface area contributed by atoms with Gasteiger partial charge in [0, 0.05) is 31.7 Å². The summed E-state index contributed by atoms with van der Waals surface area (Å²) in [5.74, 6) is -1.96. The number of ether oxygens (including phenoxy) is 1. The first kappa shape index (κ1) is 17.9. The number of hydrogen-bond acceptors (Lipinski definition) is 5. The summed E-state index contributed by atoms with van der Waals surface area (Å²) in [5, 5.41) is 2.52. The Balaban J connectivity index is 1.60. The molecule has 2 aliphatic heterocycles. The summed E-state index contributed by atoms with van der Waals surface area (Å²) in [6, 6.07) is 6.98. The lowest BCUT2D eigenvalue weighted by molar-refractivity contribution is -0.160. The highest BCUT2D eigenvalue weighted by Crippen LogP contribution is 2.26. The maximum Gasteiger partial charge on any atom is 0.324 e. The third kappa shape index (κ3) is 3.54. The van der Waals surface area contributed by atoms with Crippen molar-refractivity contribution in [1.29, 1.82) is 0 Å². The second-order valence-electron chi connectivity index (χ2n) is 6.54. The maximum atomic E-state index is 12.4. The van der Waals surface area contributed by atoms with Crippen molar-refractivity contribution in [2.75, 3.05) is 24.5 Å². The molecule has 2 aliphatic rings. The molecule has 0 saturated carbocycles. The predicted molar refractivity (Wildman–Crippen MR) is 92.3 cm³/mol. The molecular weight excluding hydrogens is 338 g/mol. The van der Waals surface area contributed by atoms with Crippen LogP contribution in [0.2, 0.25) is 0 Å². The summed E-state index contributed by atoms with van der Waals surface area (Å²) in [6.45, 7) is 4.23. The molecule has 3 rings (SSSR count). The van der Waals surface area contributed by atoms with Gasteiger partial charge in [-0.1, -0.05) is 17.7 Å². The lowest BCUT2D eigenvalue weighted by Crippen LogP contribution is -2.42. The fourth-order valence-electron chi connectivity index (χ4n) is 3.06. The summed E-state index contributed by atoms with van der Waals surface area (Å²) in [5.41, 5.74) is 1.81. The number of urea groups is 1. The Labute approximate surface area is 151 Å². The zero-order valence-corrected chi connectivity index (χ0v) is 14.7. The van der Waals surface area contributed by atoms with Gasteiger partial charge in [0.15, 0.2) is 6.10 Å². The van der Waals surface area contributed by atoms with E-state index in [2.05, 4.69) is 5.32 Å². The van der Waals surface area contributed by atoms with Gasteiger partial charge < -0.3 is 15.0 Å². The van der Waals surface area contributed by atoms with Crippen molar-refractivity contribution >= 4 is 29.5 Å². The predicted octanol–water partition coefficient (Wildman–Crippen LogP) is 0.831. The van der Waals surface area contributed by atoms with Crippen LogP contribution in [0.25, 0.3) is 0 Å². The van der Waals surface area contributed by atoms with E-state index >= 15 is 0 Å². The highest BCUT2D eigenvalue weighted by Gasteiger charge is 2.38. The van der Waals surface area contributed by atoms with Crippen LogP contribution in [-0.2, 0) is 19.1 Å². The highest BCUT2D eigenvalue weighted by atomic mass is 16.5. The van der Waals surface area contributed by atoms with Crippen LogP contribution in [0.3, 0.4) is 0 Å². The smallest absolute Gasteiger partial charge is 0.324 e. The molecule has 2 fully saturated rings. The topological polar surface area (TPSA) is 96.0 Å². The average Bonchev–Trinajstić information content (AvgIpc) is 3.20. The van der Waals surface area contributed by atoms with E-state index in [0.717, 1.165) is 16.2 Å². The van der Waals surface area contributed by atoms with E-state index in [4.69, 9.17) is 4.74 Å². The van der Waals surface area contributed by atoms with Crippen molar-refractivity contribution in [2.45, 2.75) is 26.4 Å². The molecule has 0 radical (unpaired) electrons. The van der Waals surface area contributed by atoms with E-state index in [9.17, 15) is 19.2 Å². The first-order valence-electron chi connectivity index (χ1n) is 8.53. The Morgan fingerprint density at radius 2 is 1.92 bits per heavy atom. The lowest BCUT2D eigenvalue weighted by atomic mass is 10.1. The summed E-state index contributed by atoms with van der Waals surface area (Å²) in [6.07, 6.45) is -1.03. The molecule has 0 aliphatic carbocycles. The van der Waals surface area contributed by atoms with Gasteiger partial charge in [-0.3, -0.25) is 19.3 Å². The molecule has 0 aromatic heterocycles. The minimum absolute atomic E-state index is 0.0395. The Bertz CT molecular complexity index is 746. The second-order valence-corrected chi connectivity index (χ2v) is 6.54. The van der Waals surface area contributed by atoms with Crippen LogP contribution in [0.1, 0.15) is 18.9 Å². The van der Waals surface area contributed by atoms with Crippen molar-refractivity contribution in [3.8, 4) is 0 Å². The molecule has 2 atom stereocenters. The van der Waals surface area contributed by atoms with Gasteiger partial charge in [0.25, 0.3) is 5.91 Å². The molecule has 2 saturated heterocycles. The zero-order chi connectivity index (χ0) is 18.8. The van der Waals surface area contributed by atoms with Crippen LogP contribution in [-0.4, -0.2) is 54.5 Å². The average molecular weight is 359 g/mol. The largest absolute Gasteiger partial charge is 0.452 e. The van der Waals surface area contributed by atoms with Gasteiger partial charge in [0.1, 0.15) is 0 Å². The van der Waals surface area contributed by atoms with Crippen LogP contribution in [0.15, 0.2) is 24.3 Å². The molecule has 8 nitrogen and oxygen atoms in total. The Hall–Kier alpha value is -2.90. The molecule has 138 valence electrons. The molecule has 1 N–H and O–H groups in total. The molecule has 26 heavy (non-hydrogen) atoms. The number of nitrogens with zero attached hydrogens (tertiary/aromatic N) is 2. The quantitative estimate of drug-likeness (QED) is 0.804. The summed E-state index contributed by atoms with van der Waals surface area (Å²) in [7, 11) is 0. The first-order valence-corrected chi connectivity index (χ1v) is 8.53. The number of carbonyl (C=O) groups is 4. The minimum Gasteiger partial charge on any atom is -0.452 e. The molecule has 8 heteroatoms. The SMILES string of the molecule is Cc1ccc(N2C[C@@H](C(=O)O[C@@H](C)C(=O)N3CCNC3=O)CC2=O)cc1. The number of imide groups is 1. The molecule has 0 spiro atoms. The number of hydrogen-bond donors (Lipinski definition) is 1. The van der Waals surface area contributed by atoms with Gasteiger partial charge in [-0.05, 0) is 26.0 Å². The molecule has 1 aromatic rings. The van der Waals surface area contributed by atoms with Crippen LogP contribution < -0.4 is 10.2 Å². The van der Waals surface area contributed by atoms with Crippen LogP contribution >= 0.6 is 0 Å². The van der Waals surface area contributed by atoms with Gasteiger partial charge in [-0.15, -0.1) is 0 Å². The lowest BCUT2D eigenvalue weighted by Gasteiger charge is -2.20. The van der Waals surface area contributed by atoms with Gasteiger partial charge >= 0.3 is 12.0 Å². The second kappa shape index (κ2) is 7.15. The fourth-order valence-corrected chi connectivity index (χ4v) is 3.06. The van der Waals surface area contributed by atoms with Crippen molar-refractivity contribution in [3.63, 3.8) is 0 Å². The van der Waals surface area contributed by atoms with Gasteiger partial charge in [0.2, 0.25) is 5.91 Å². The Morgan fingerprint density at radius 1 is 1.23 bits per heavy atom. The number of rotatable bonds is 4. The molecule has 4 amide bonds. The van der Waals surface area contributed by atoms with E-state index < -0.39 is 29.9 Å². The van der Waals surface area contributed by atoms with Crippen molar-refractivity contribution < 1.29 is 23.9 Å². The molecule has 1 aromatic carbocycles. The third-order valence-corrected chi connectivity index (χ3v) is 4.57. The number of nitrogens with one attached hydrogen (secondary N) is 1. The van der Waals surface area contributed by atoms with Crippen molar-refractivity contribution in [3.05, 3.63) is 29.8 Å². The number of benzene rings is 1. The zero-order valence-electron chi connectivity index (χ0n) is 14.7. The summed E-state index contributed by atoms with van der Waals surface area (Å²) in [4.78, 5) is 50.9. The van der Waals surface area contributed by atoms with Crippen LogP contribution in [0, 0.1) is 12.8 Å². The number of anilines is 1. The highest BCUT2D eigenvalue weighted by molar-refractivity contribution is 6.01. The molecule has 0 unspecified atom stereocenters. The Kier molecular flexibility index (Phi) is 4.92. The third-order valence-electron chi connectivity index (χ3n) is 4.57. The molecular formula is C18H21N3O5.